The van der Waals surface area contributed by atoms with Crippen LogP contribution in [0.3, 0.4) is 0 Å². The van der Waals surface area contributed by atoms with Crippen LogP contribution in [0.2, 0.25) is 0 Å². The van der Waals surface area contributed by atoms with Crippen molar-refractivity contribution in [2.45, 2.75) is 0 Å². The summed E-state index contributed by atoms with van der Waals surface area (Å²) in [5.41, 5.74) is 3.50. The SMILES string of the molecule is CN(C)c1ccc(Nc2ccc(NS(=O)(=O)N(C)C)cc2)cc1. The average molecular weight is 334 g/mol. The molecule has 0 aromatic heterocycles. The predicted octanol–water partition coefficient (Wildman–Crippen LogP) is 2.71. The van der Waals surface area contributed by atoms with Crippen molar-refractivity contribution < 1.29 is 8.42 Å². The summed E-state index contributed by atoms with van der Waals surface area (Å²) in [5.74, 6) is 0. The Morgan fingerprint density at radius 2 is 1.17 bits per heavy atom. The van der Waals surface area contributed by atoms with Crippen LogP contribution in [0.15, 0.2) is 48.5 Å². The van der Waals surface area contributed by atoms with Crippen LogP contribution < -0.4 is 14.9 Å². The van der Waals surface area contributed by atoms with E-state index in [0.717, 1.165) is 21.4 Å². The Labute approximate surface area is 137 Å². The van der Waals surface area contributed by atoms with E-state index in [9.17, 15) is 8.42 Å². The summed E-state index contributed by atoms with van der Waals surface area (Å²) in [6.45, 7) is 0. The molecule has 0 aliphatic carbocycles. The van der Waals surface area contributed by atoms with E-state index in [1.54, 1.807) is 12.1 Å². The number of benzene rings is 2. The van der Waals surface area contributed by atoms with Crippen LogP contribution in [0.25, 0.3) is 0 Å². The maximum absolute atomic E-state index is 11.8. The van der Waals surface area contributed by atoms with Gasteiger partial charge in [0, 0.05) is 50.9 Å². The minimum Gasteiger partial charge on any atom is -0.378 e. The van der Waals surface area contributed by atoms with Gasteiger partial charge in [-0.25, -0.2) is 0 Å². The molecule has 2 aromatic rings. The van der Waals surface area contributed by atoms with Crippen LogP contribution in [0.1, 0.15) is 0 Å². The molecule has 0 fully saturated rings. The van der Waals surface area contributed by atoms with Gasteiger partial charge < -0.3 is 10.2 Å². The van der Waals surface area contributed by atoms with Crippen molar-refractivity contribution in [3.8, 4) is 0 Å². The zero-order valence-electron chi connectivity index (χ0n) is 13.7. The second-order valence-corrected chi connectivity index (χ2v) is 7.42. The standard InChI is InChI=1S/C16H22N4O2S/c1-19(2)16-11-9-14(10-12-16)17-13-5-7-15(8-6-13)18-23(21,22)20(3)4/h5-12,17-18H,1-4H3. The molecule has 6 nitrogen and oxygen atoms in total. The molecule has 0 aliphatic heterocycles. The van der Waals surface area contributed by atoms with Gasteiger partial charge in [-0.1, -0.05) is 0 Å². The van der Waals surface area contributed by atoms with Crippen LogP contribution in [0.4, 0.5) is 22.7 Å². The van der Waals surface area contributed by atoms with Crippen molar-refractivity contribution in [3.05, 3.63) is 48.5 Å². The van der Waals surface area contributed by atoms with Crippen molar-refractivity contribution in [3.63, 3.8) is 0 Å². The Balaban J connectivity index is 2.05. The van der Waals surface area contributed by atoms with E-state index in [-0.39, 0.29) is 0 Å². The highest BCUT2D eigenvalue weighted by Crippen LogP contribution is 2.22. The molecule has 0 unspecified atom stereocenters. The van der Waals surface area contributed by atoms with E-state index < -0.39 is 10.2 Å². The molecule has 0 radical (unpaired) electrons. The Bertz CT molecular complexity index is 739. The van der Waals surface area contributed by atoms with Gasteiger partial charge in [-0.05, 0) is 48.5 Å². The average Bonchev–Trinajstić information content (AvgIpc) is 2.49. The lowest BCUT2D eigenvalue weighted by Gasteiger charge is -2.15. The van der Waals surface area contributed by atoms with Crippen molar-refractivity contribution >= 4 is 33.0 Å². The maximum Gasteiger partial charge on any atom is 0.301 e. The zero-order valence-corrected chi connectivity index (χ0v) is 14.6. The topological polar surface area (TPSA) is 64.7 Å². The molecule has 0 saturated carbocycles. The summed E-state index contributed by atoms with van der Waals surface area (Å²) in [4.78, 5) is 2.04. The number of hydrogen-bond acceptors (Lipinski definition) is 4. The summed E-state index contributed by atoms with van der Waals surface area (Å²) in [6, 6.07) is 15.1. The third-order valence-corrected chi connectivity index (χ3v) is 4.74. The molecular weight excluding hydrogens is 312 g/mol. The first kappa shape index (κ1) is 17.1. The molecule has 0 atom stereocenters. The Morgan fingerprint density at radius 3 is 1.61 bits per heavy atom. The Hall–Kier alpha value is -2.25. The van der Waals surface area contributed by atoms with Crippen LogP contribution in [0, 0.1) is 0 Å². The molecule has 2 rings (SSSR count). The minimum atomic E-state index is -3.48. The van der Waals surface area contributed by atoms with Gasteiger partial charge in [-0.2, -0.15) is 12.7 Å². The van der Waals surface area contributed by atoms with E-state index in [2.05, 4.69) is 10.0 Å². The van der Waals surface area contributed by atoms with E-state index >= 15 is 0 Å². The smallest absolute Gasteiger partial charge is 0.301 e. The third-order valence-electron chi connectivity index (χ3n) is 3.28. The van der Waals surface area contributed by atoms with Crippen molar-refractivity contribution in [1.82, 2.24) is 4.31 Å². The highest BCUT2D eigenvalue weighted by molar-refractivity contribution is 7.90. The van der Waals surface area contributed by atoms with Gasteiger partial charge in [-0.3, -0.25) is 4.72 Å². The van der Waals surface area contributed by atoms with Crippen molar-refractivity contribution in [2.24, 2.45) is 0 Å². The van der Waals surface area contributed by atoms with Crippen LogP contribution in [-0.2, 0) is 10.2 Å². The van der Waals surface area contributed by atoms with E-state index in [4.69, 9.17) is 0 Å². The molecule has 0 spiro atoms. The molecule has 2 aromatic carbocycles. The summed E-state index contributed by atoms with van der Waals surface area (Å²) < 4.78 is 27.1. The number of rotatable bonds is 6. The van der Waals surface area contributed by atoms with E-state index in [1.165, 1.54) is 14.1 Å². The fourth-order valence-electron chi connectivity index (χ4n) is 1.87. The lowest BCUT2D eigenvalue weighted by molar-refractivity contribution is 0.527. The molecule has 2 N–H and O–H groups in total. The largest absolute Gasteiger partial charge is 0.378 e. The fraction of sp³-hybridized carbons (Fsp3) is 0.250. The summed E-state index contributed by atoms with van der Waals surface area (Å²) >= 11 is 0. The fourth-order valence-corrected chi connectivity index (χ4v) is 2.49. The van der Waals surface area contributed by atoms with Crippen molar-refractivity contribution in [2.75, 3.05) is 43.1 Å². The third kappa shape index (κ3) is 4.61. The number of nitrogens with one attached hydrogen (secondary N) is 2. The molecule has 0 heterocycles. The van der Waals surface area contributed by atoms with Gasteiger partial charge in [-0.15, -0.1) is 0 Å². The second-order valence-electron chi connectivity index (χ2n) is 5.53. The van der Waals surface area contributed by atoms with Gasteiger partial charge in [0.15, 0.2) is 0 Å². The van der Waals surface area contributed by atoms with Crippen LogP contribution >= 0.6 is 0 Å². The van der Waals surface area contributed by atoms with E-state index in [0.29, 0.717) is 5.69 Å². The van der Waals surface area contributed by atoms with Gasteiger partial charge in [0.05, 0.1) is 0 Å². The minimum absolute atomic E-state index is 0.521. The van der Waals surface area contributed by atoms with Gasteiger partial charge in [0.2, 0.25) is 0 Å². The first-order valence-corrected chi connectivity index (χ1v) is 8.57. The lowest BCUT2D eigenvalue weighted by Crippen LogP contribution is -2.28. The first-order valence-electron chi connectivity index (χ1n) is 7.13. The molecule has 7 heteroatoms. The summed E-state index contributed by atoms with van der Waals surface area (Å²) in [5, 5.41) is 3.28. The van der Waals surface area contributed by atoms with Crippen LogP contribution in [0.5, 0.6) is 0 Å². The number of anilines is 4. The first-order chi connectivity index (χ1) is 10.8. The van der Waals surface area contributed by atoms with Crippen LogP contribution in [-0.4, -0.2) is 40.9 Å². The molecule has 0 aliphatic rings. The van der Waals surface area contributed by atoms with Gasteiger partial charge in [0.25, 0.3) is 0 Å². The molecule has 23 heavy (non-hydrogen) atoms. The predicted molar refractivity (Wildman–Crippen MR) is 96.7 cm³/mol. The Kier molecular flexibility index (Phi) is 5.12. The molecule has 0 saturated heterocycles. The summed E-state index contributed by atoms with van der Waals surface area (Å²) in [7, 11) is 3.48. The highest BCUT2D eigenvalue weighted by Gasteiger charge is 2.12. The Morgan fingerprint density at radius 1 is 0.739 bits per heavy atom. The van der Waals surface area contributed by atoms with Gasteiger partial charge in [0.1, 0.15) is 0 Å². The summed E-state index contributed by atoms with van der Waals surface area (Å²) in [6.07, 6.45) is 0. The zero-order chi connectivity index (χ0) is 17.0. The molecular formula is C16H22N4O2S. The number of nitrogens with zero attached hydrogens (tertiary/aromatic N) is 2. The molecule has 0 bridgehead atoms. The van der Waals surface area contributed by atoms with E-state index in [1.807, 2.05) is 55.4 Å². The highest BCUT2D eigenvalue weighted by atomic mass is 32.2. The maximum atomic E-state index is 11.8. The quantitative estimate of drug-likeness (QED) is 0.852. The van der Waals surface area contributed by atoms with Gasteiger partial charge >= 0.3 is 10.2 Å². The normalized spacial score (nSPS) is 11.3. The molecule has 124 valence electrons. The molecule has 0 amide bonds. The second kappa shape index (κ2) is 6.89. The number of hydrogen-bond donors (Lipinski definition) is 2. The lowest BCUT2D eigenvalue weighted by atomic mass is 10.2. The monoisotopic (exact) mass is 334 g/mol. The van der Waals surface area contributed by atoms with Crippen molar-refractivity contribution in [1.29, 1.82) is 0 Å².